The number of carbonyl (C=O) groups is 1. The number of esters is 1. The molecule has 108 valence electrons. The Hall–Kier alpha value is -1.37. The van der Waals surface area contributed by atoms with Crippen LogP contribution in [0.4, 0.5) is 0 Å². The molecule has 0 amide bonds. The minimum Gasteiger partial charge on any atom is -0.468 e. The van der Waals surface area contributed by atoms with E-state index < -0.39 is 12.6 Å². The van der Waals surface area contributed by atoms with Gasteiger partial charge in [-0.05, 0) is 12.4 Å². The van der Waals surface area contributed by atoms with Crippen molar-refractivity contribution in [3.05, 3.63) is 35.9 Å². The Labute approximate surface area is 119 Å². The summed E-state index contributed by atoms with van der Waals surface area (Å²) in [6.07, 6.45) is 1.02. The molecule has 0 saturated heterocycles. The average molecular weight is 277 g/mol. The lowest BCUT2D eigenvalue weighted by atomic mass is 9.69. The molecule has 0 spiro atoms. The van der Waals surface area contributed by atoms with Gasteiger partial charge in [0, 0.05) is 12.8 Å². The van der Waals surface area contributed by atoms with Crippen LogP contribution in [0.2, 0.25) is 6.82 Å². The molecule has 1 saturated carbocycles. The second kappa shape index (κ2) is 6.39. The van der Waals surface area contributed by atoms with Gasteiger partial charge in [-0.15, -0.1) is 0 Å². The van der Waals surface area contributed by atoms with E-state index in [0.717, 1.165) is 5.56 Å². The number of hydrogen-bond acceptors (Lipinski definition) is 5. The second-order valence-electron chi connectivity index (χ2n) is 5.22. The zero-order chi connectivity index (χ0) is 14.6. The van der Waals surface area contributed by atoms with Crippen LogP contribution < -0.4 is 5.23 Å². The molecule has 0 bridgehead atoms. The van der Waals surface area contributed by atoms with Gasteiger partial charge in [0.1, 0.15) is 5.54 Å². The first-order valence-electron chi connectivity index (χ1n) is 6.75. The lowest BCUT2D eigenvalue weighted by molar-refractivity contribution is -0.160. The van der Waals surface area contributed by atoms with Gasteiger partial charge in [0.25, 0.3) is 0 Å². The van der Waals surface area contributed by atoms with Crippen LogP contribution >= 0.6 is 0 Å². The van der Waals surface area contributed by atoms with Crippen LogP contribution in [0.15, 0.2) is 30.3 Å². The number of ether oxygens (including phenoxy) is 2. The normalized spacial score (nSPS) is 24.9. The summed E-state index contributed by atoms with van der Waals surface area (Å²) in [6, 6.07) is 9.89. The van der Waals surface area contributed by atoms with E-state index in [0.29, 0.717) is 19.4 Å². The maximum Gasteiger partial charge on any atom is 0.374 e. The predicted molar refractivity (Wildman–Crippen MR) is 76.0 cm³/mol. The Morgan fingerprint density at radius 2 is 2.10 bits per heavy atom. The van der Waals surface area contributed by atoms with Gasteiger partial charge in [-0.3, -0.25) is 4.79 Å². The number of methoxy groups -OCH3 is 1. The van der Waals surface area contributed by atoms with E-state index in [1.54, 1.807) is 6.82 Å². The molecule has 1 aromatic rings. The van der Waals surface area contributed by atoms with Crippen LogP contribution in [0.5, 0.6) is 0 Å². The van der Waals surface area contributed by atoms with Crippen LogP contribution in [-0.2, 0) is 20.9 Å². The van der Waals surface area contributed by atoms with Gasteiger partial charge >= 0.3 is 13.0 Å². The molecule has 0 aliphatic heterocycles. The lowest BCUT2D eigenvalue weighted by Crippen LogP contribution is -2.66. The Bertz CT molecular complexity index is 446. The highest BCUT2D eigenvalue weighted by molar-refractivity contribution is 6.46. The third kappa shape index (κ3) is 3.39. The summed E-state index contributed by atoms with van der Waals surface area (Å²) in [5.74, 6) is -0.349. The van der Waals surface area contributed by atoms with Gasteiger partial charge in [-0.1, -0.05) is 30.3 Å². The Balaban J connectivity index is 1.85. The fourth-order valence-corrected chi connectivity index (χ4v) is 2.56. The quantitative estimate of drug-likeness (QED) is 0.599. The van der Waals surface area contributed by atoms with Crippen molar-refractivity contribution in [1.82, 2.24) is 5.23 Å². The number of hydrogen-bond donors (Lipinski definition) is 2. The van der Waals surface area contributed by atoms with Gasteiger partial charge < -0.3 is 19.7 Å². The first kappa shape index (κ1) is 15.0. The molecule has 0 unspecified atom stereocenters. The molecule has 5 nitrogen and oxygen atoms in total. The summed E-state index contributed by atoms with van der Waals surface area (Å²) >= 11 is 0. The van der Waals surface area contributed by atoms with E-state index in [9.17, 15) is 9.82 Å². The molecular weight excluding hydrogens is 257 g/mol. The molecule has 1 aliphatic carbocycles. The fraction of sp³-hybridized carbons (Fsp3) is 0.500. The molecule has 0 radical (unpaired) electrons. The summed E-state index contributed by atoms with van der Waals surface area (Å²) in [4.78, 5) is 11.8. The summed E-state index contributed by atoms with van der Waals surface area (Å²) < 4.78 is 10.6. The Morgan fingerprint density at radius 3 is 2.65 bits per heavy atom. The summed E-state index contributed by atoms with van der Waals surface area (Å²) in [5, 5.41) is 12.3. The molecule has 2 rings (SSSR count). The zero-order valence-corrected chi connectivity index (χ0v) is 11.8. The van der Waals surface area contributed by atoms with Gasteiger partial charge in [-0.2, -0.15) is 0 Å². The summed E-state index contributed by atoms with van der Waals surface area (Å²) in [5.41, 5.74) is 0.288. The SMILES string of the molecule is COC(=O)[C@]1(NB(C)O)C[C@@H](OCc2ccccc2)C1. The molecule has 20 heavy (non-hydrogen) atoms. The summed E-state index contributed by atoms with van der Waals surface area (Å²) in [6.45, 7) is 2.11. The summed E-state index contributed by atoms with van der Waals surface area (Å²) in [7, 11) is 0.593. The second-order valence-corrected chi connectivity index (χ2v) is 5.22. The third-order valence-electron chi connectivity index (χ3n) is 3.54. The number of rotatable bonds is 6. The van der Waals surface area contributed by atoms with Crippen LogP contribution in [0, 0.1) is 0 Å². The van der Waals surface area contributed by atoms with Crippen LogP contribution in [0.25, 0.3) is 0 Å². The highest BCUT2D eigenvalue weighted by Gasteiger charge is 2.52. The average Bonchev–Trinajstić information content (AvgIpc) is 2.41. The monoisotopic (exact) mass is 277 g/mol. The van der Waals surface area contributed by atoms with Crippen molar-refractivity contribution in [1.29, 1.82) is 0 Å². The fourth-order valence-electron chi connectivity index (χ4n) is 2.56. The predicted octanol–water partition coefficient (Wildman–Crippen LogP) is 0.977. The first-order valence-corrected chi connectivity index (χ1v) is 6.75. The van der Waals surface area contributed by atoms with Gasteiger partial charge in [0.15, 0.2) is 0 Å². The van der Waals surface area contributed by atoms with Crippen molar-refractivity contribution in [2.24, 2.45) is 0 Å². The third-order valence-corrected chi connectivity index (χ3v) is 3.54. The molecule has 6 heteroatoms. The van der Waals surface area contributed by atoms with Gasteiger partial charge in [0.2, 0.25) is 0 Å². The minimum absolute atomic E-state index is 0.000515. The largest absolute Gasteiger partial charge is 0.468 e. The van der Waals surface area contributed by atoms with Crippen LogP contribution in [0.1, 0.15) is 18.4 Å². The van der Waals surface area contributed by atoms with E-state index in [4.69, 9.17) is 9.47 Å². The van der Waals surface area contributed by atoms with Gasteiger partial charge in [0.05, 0.1) is 19.8 Å². The molecule has 0 heterocycles. The van der Waals surface area contributed by atoms with Crippen molar-refractivity contribution < 1.29 is 19.3 Å². The minimum atomic E-state index is -0.815. The molecular formula is C14H20BNO4. The Morgan fingerprint density at radius 1 is 1.45 bits per heavy atom. The van der Waals surface area contributed by atoms with Crippen molar-refractivity contribution in [3.63, 3.8) is 0 Å². The standard InChI is InChI=1S/C14H20BNO4/c1-15(18)16-14(13(17)19-2)8-12(9-14)20-10-11-6-4-3-5-7-11/h3-7,12,16,18H,8-10H2,1-2H3/t12-,14+. The lowest BCUT2D eigenvalue weighted by Gasteiger charge is -2.45. The molecule has 0 atom stereocenters. The maximum absolute atomic E-state index is 11.8. The van der Waals surface area contributed by atoms with Crippen molar-refractivity contribution in [3.8, 4) is 0 Å². The van der Waals surface area contributed by atoms with E-state index in [1.165, 1.54) is 7.11 Å². The highest BCUT2D eigenvalue weighted by Crippen LogP contribution is 2.36. The first-order chi connectivity index (χ1) is 9.55. The molecule has 0 aromatic heterocycles. The number of benzene rings is 1. The smallest absolute Gasteiger partial charge is 0.374 e. The number of nitrogens with one attached hydrogen (secondary N) is 1. The van der Waals surface area contributed by atoms with Gasteiger partial charge in [-0.25, -0.2) is 0 Å². The molecule has 2 N–H and O–H groups in total. The Kier molecular flexibility index (Phi) is 4.80. The van der Waals surface area contributed by atoms with Crippen LogP contribution in [-0.4, -0.2) is 36.8 Å². The zero-order valence-electron chi connectivity index (χ0n) is 11.8. The van der Waals surface area contributed by atoms with E-state index in [1.807, 2.05) is 30.3 Å². The van der Waals surface area contributed by atoms with Crippen molar-refractivity contribution >= 4 is 13.0 Å². The van der Waals surface area contributed by atoms with E-state index in [2.05, 4.69) is 5.23 Å². The number of carbonyl (C=O) groups excluding carboxylic acids is 1. The maximum atomic E-state index is 11.8. The van der Waals surface area contributed by atoms with Crippen molar-refractivity contribution in [2.45, 2.75) is 37.9 Å². The topological polar surface area (TPSA) is 67.8 Å². The van der Waals surface area contributed by atoms with E-state index >= 15 is 0 Å². The molecule has 1 aromatic carbocycles. The van der Waals surface area contributed by atoms with E-state index in [-0.39, 0.29) is 12.1 Å². The highest BCUT2D eigenvalue weighted by atomic mass is 16.5. The van der Waals surface area contributed by atoms with Crippen LogP contribution in [0.3, 0.4) is 0 Å². The van der Waals surface area contributed by atoms with Crippen molar-refractivity contribution in [2.75, 3.05) is 7.11 Å². The molecule has 1 aliphatic rings. The molecule has 1 fully saturated rings.